The lowest BCUT2D eigenvalue weighted by atomic mass is 10.1. The van der Waals surface area contributed by atoms with E-state index in [0.717, 1.165) is 6.21 Å². The van der Waals surface area contributed by atoms with E-state index in [1.54, 1.807) is 33.8 Å². The number of aliphatic hydroxyl groups excluding tert-OH is 1. The number of thiophene rings is 1. The summed E-state index contributed by atoms with van der Waals surface area (Å²) in [6, 6.07) is 3.31. The quantitative estimate of drug-likeness (QED) is 0.503. The summed E-state index contributed by atoms with van der Waals surface area (Å²) in [7, 11) is 0. The number of rotatable bonds is 5. The fourth-order valence-electron chi connectivity index (χ4n) is 1.58. The fraction of sp³-hybridized carbons (Fsp3) is 0.154. The summed E-state index contributed by atoms with van der Waals surface area (Å²) in [5.74, 6) is -1.01. The highest BCUT2D eigenvalue weighted by atomic mass is 32.1. The van der Waals surface area contributed by atoms with Crippen molar-refractivity contribution in [1.29, 1.82) is 0 Å². The number of carboxylic acids is 1. The highest BCUT2D eigenvalue weighted by Crippen LogP contribution is 2.19. The van der Waals surface area contributed by atoms with Crippen LogP contribution < -0.4 is 0 Å². The maximum atomic E-state index is 11.2. The van der Waals surface area contributed by atoms with Crippen molar-refractivity contribution >= 4 is 35.1 Å². The van der Waals surface area contributed by atoms with E-state index in [2.05, 4.69) is 10.1 Å². The van der Waals surface area contributed by atoms with Crippen LogP contribution in [0.15, 0.2) is 39.7 Å². The molecule has 0 unspecified atom stereocenters. The Morgan fingerprint density at radius 3 is 2.90 bits per heavy atom. The van der Waals surface area contributed by atoms with Gasteiger partial charge in [0.25, 0.3) is 0 Å². The third-order valence-electron chi connectivity index (χ3n) is 2.60. The Bertz CT molecular complexity index is 656. The van der Waals surface area contributed by atoms with Crippen molar-refractivity contribution in [3.05, 3.63) is 40.2 Å². The summed E-state index contributed by atoms with van der Waals surface area (Å²) in [6.07, 6.45) is 2.72. The van der Waals surface area contributed by atoms with Crippen molar-refractivity contribution in [1.82, 2.24) is 9.78 Å². The summed E-state index contributed by atoms with van der Waals surface area (Å²) in [4.78, 5) is 15.3. The van der Waals surface area contributed by atoms with E-state index >= 15 is 0 Å². The Kier molecular flexibility index (Phi) is 4.31. The maximum Gasteiger partial charge on any atom is 0.341 e. The summed E-state index contributed by atoms with van der Waals surface area (Å²) < 4.78 is 1.62. The first-order chi connectivity index (χ1) is 9.63. The van der Waals surface area contributed by atoms with Crippen LogP contribution in [0.5, 0.6) is 0 Å². The smallest absolute Gasteiger partial charge is 0.341 e. The van der Waals surface area contributed by atoms with Gasteiger partial charge < -0.3 is 10.2 Å². The third kappa shape index (κ3) is 2.94. The largest absolute Gasteiger partial charge is 0.506 e. The highest BCUT2D eigenvalue weighted by molar-refractivity contribution is 7.08. The molecular formula is C13H13N3O3S. The summed E-state index contributed by atoms with van der Waals surface area (Å²) in [5, 5.41) is 26.6. The third-order valence-corrected chi connectivity index (χ3v) is 3.28. The topological polar surface area (TPSA) is 87.7 Å². The van der Waals surface area contributed by atoms with Crippen LogP contribution >= 0.6 is 11.3 Å². The number of hydrogen-bond acceptors (Lipinski definition) is 5. The number of nitrogens with zero attached hydrogens (tertiary/aromatic N) is 3. The summed E-state index contributed by atoms with van der Waals surface area (Å²) in [6.45, 7) is 2.53. The molecule has 2 aromatic rings. The molecule has 20 heavy (non-hydrogen) atoms. The van der Waals surface area contributed by atoms with Gasteiger partial charge in [-0.05, 0) is 18.4 Å². The number of aliphatic carboxylic acids is 1. The lowest BCUT2D eigenvalue weighted by Crippen LogP contribution is -2.05. The molecule has 2 rings (SSSR count). The molecule has 104 valence electrons. The molecule has 2 aromatic heterocycles. The molecule has 0 fully saturated rings. The number of aliphatic hydroxyl groups is 1. The first-order valence-electron chi connectivity index (χ1n) is 5.88. The zero-order valence-corrected chi connectivity index (χ0v) is 11.5. The van der Waals surface area contributed by atoms with Crippen molar-refractivity contribution in [3.63, 3.8) is 0 Å². The molecule has 2 heterocycles. The number of aliphatic imine (C=N–C) groups is 1. The van der Waals surface area contributed by atoms with Crippen molar-refractivity contribution < 1.29 is 15.0 Å². The second-order valence-electron chi connectivity index (χ2n) is 3.84. The average Bonchev–Trinajstić information content (AvgIpc) is 3.09. The van der Waals surface area contributed by atoms with Crippen molar-refractivity contribution in [2.24, 2.45) is 4.99 Å². The first-order valence-corrected chi connectivity index (χ1v) is 6.82. The average molecular weight is 291 g/mol. The molecule has 0 amide bonds. The standard InChI is InChI=1S/C13H13N3O3S/c1-2-16-11(3-5-15-16)14-7-10(13(18)19)12(17)9-4-6-20-8-9/h3-8,17H,2H2,1H3,(H,18,19). The summed E-state index contributed by atoms with van der Waals surface area (Å²) >= 11 is 1.37. The lowest BCUT2D eigenvalue weighted by Gasteiger charge is -2.01. The van der Waals surface area contributed by atoms with Gasteiger partial charge >= 0.3 is 5.97 Å². The molecule has 7 heteroatoms. The molecule has 6 nitrogen and oxygen atoms in total. The van der Waals surface area contributed by atoms with Gasteiger partial charge in [-0.3, -0.25) is 0 Å². The van der Waals surface area contributed by atoms with E-state index in [-0.39, 0.29) is 11.3 Å². The molecule has 2 N–H and O–H groups in total. The monoisotopic (exact) mass is 291 g/mol. The molecular weight excluding hydrogens is 278 g/mol. The Labute approximate surface area is 119 Å². The van der Waals surface area contributed by atoms with Crippen LogP contribution in [-0.4, -0.2) is 32.2 Å². The van der Waals surface area contributed by atoms with Gasteiger partial charge in [-0.1, -0.05) is 0 Å². The summed E-state index contributed by atoms with van der Waals surface area (Å²) in [5.41, 5.74) is 0.204. The number of aromatic nitrogens is 2. The van der Waals surface area contributed by atoms with Gasteiger partial charge in [0.2, 0.25) is 0 Å². The molecule has 0 spiro atoms. The van der Waals surface area contributed by atoms with Crippen molar-refractivity contribution in [3.8, 4) is 0 Å². The molecule has 0 saturated heterocycles. The van der Waals surface area contributed by atoms with Crippen LogP contribution in [-0.2, 0) is 11.3 Å². The molecule has 0 aliphatic carbocycles. The molecule has 0 aromatic carbocycles. The van der Waals surface area contributed by atoms with Gasteiger partial charge in [0.1, 0.15) is 17.2 Å². The van der Waals surface area contributed by atoms with E-state index in [9.17, 15) is 9.90 Å². The zero-order chi connectivity index (χ0) is 14.5. The number of aryl methyl sites for hydroxylation is 1. The Morgan fingerprint density at radius 1 is 1.50 bits per heavy atom. The zero-order valence-electron chi connectivity index (χ0n) is 10.7. The van der Waals surface area contributed by atoms with E-state index in [4.69, 9.17) is 5.11 Å². The van der Waals surface area contributed by atoms with E-state index in [0.29, 0.717) is 17.9 Å². The van der Waals surface area contributed by atoms with Crippen LogP contribution in [0.1, 0.15) is 12.5 Å². The molecule has 0 saturated carbocycles. The van der Waals surface area contributed by atoms with Crippen LogP contribution in [0.3, 0.4) is 0 Å². The molecule has 0 aliphatic heterocycles. The Balaban J connectivity index is 2.36. The highest BCUT2D eigenvalue weighted by Gasteiger charge is 2.14. The number of hydrogen-bond donors (Lipinski definition) is 2. The minimum atomic E-state index is -1.24. The predicted molar refractivity (Wildman–Crippen MR) is 77.6 cm³/mol. The number of carboxylic acid groups (broad SMARTS) is 1. The van der Waals surface area contributed by atoms with Gasteiger partial charge in [-0.2, -0.15) is 16.4 Å². The van der Waals surface area contributed by atoms with Crippen LogP contribution in [0.2, 0.25) is 0 Å². The normalized spacial score (nSPS) is 12.7. The van der Waals surface area contributed by atoms with Crippen molar-refractivity contribution in [2.75, 3.05) is 0 Å². The van der Waals surface area contributed by atoms with Crippen molar-refractivity contribution in [2.45, 2.75) is 13.5 Å². The van der Waals surface area contributed by atoms with Crippen LogP contribution in [0.25, 0.3) is 5.76 Å². The lowest BCUT2D eigenvalue weighted by molar-refractivity contribution is -0.132. The van der Waals surface area contributed by atoms with Crippen LogP contribution in [0.4, 0.5) is 5.82 Å². The van der Waals surface area contributed by atoms with E-state index in [1.807, 2.05) is 6.92 Å². The SMILES string of the molecule is CCn1nccc1N=CC(C(=O)O)=C(O)c1ccsc1. The molecule has 0 aliphatic rings. The Morgan fingerprint density at radius 2 is 2.30 bits per heavy atom. The van der Waals surface area contributed by atoms with Crippen LogP contribution in [0, 0.1) is 0 Å². The molecule has 0 atom stereocenters. The fourth-order valence-corrected chi connectivity index (χ4v) is 2.22. The van der Waals surface area contributed by atoms with Gasteiger partial charge in [-0.15, -0.1) is 0 Å². The van der Waals surface area contributed by atoms with Gasteiger partial charge in [-0.25, -0.2) is 14.5 Å². The number of carbonyl (C=O) groups is 1. The first kappa shape index (κ1) is 14.0. The van der Waals surface area contributed by atoms with E-state index in [1.165, 1.54) is 11.3 Å². The van der Waals surface area contributed by atoms with Gasteiger partial charge in [0, 0.05) is 29.8 Å². The molecule has 0 bridgehead atoms. The van der Waals surface area contributed by atoms with Gasteiger partial charge in [0.15, 0.2) is 0 Å². The maximum absolute atomic E-state index is 11.2. The van der Waals surface area contributed by atoms with E-state index < -0.39 is 5.97 Å². The second-order valence-corrected chi connectivity index (χ2v) is 4.62. The predicted octanol–water partition coefficient (Wildman–Crippen LogP) is 2.72. The Hall–Kier alpha value is -2.41. The van der Waals surface area contributed by atoms with Gasteiger partial charge in [0.05, 0.1) is 6.20 Å². The minimum Gasteiger partial charge on any atom is -0.506 e. The second kappa shape index (κ2) is 6.16. The molecule has 0 radical (unpaired) electrons. The minimum absolute atomic E-state index is 0.257.